The molecule has 1 aliphatic heterocycles. The van der Waals surface area contributed by atoms with Crippen molar-refractivity contribution in [3.8, 4) is 6.07 Å². The summed E-state index contributed by atoms with van der Waals surface area (Å²) in [6, 6.07) is 19.6. The Bertz CT molecular complexity index is 1590. The molecule has 10 heteroatoms. The summed E-state index contributed by atoms with van der Waals surface area (Å²) in [5, 5.41) is 19.2. The summed E-state index contributed by atoms with van der Waals surface area (Å²) in [7, 11) is 1.68. The lowest BCUT2D eigenvalue weighted by Gasteiger charge is -2.34. The van der Waals surface area contributed by atoms with Gasteiger partial charge in [-0.25, -0.2) is 0 Å². The van der Waals surface area contributed by atoms with Crippen molar-refractivity contribution in [2.75, 3.05) is 22.6 Å². The fourth-order valence-corrected chi connectivity index (χ4v) is 4.69. The Morgan fingerprint density at radius 1 is 1.05 bits per heavy atom. The number of carbonyl (C=O) groups excluding carboxylic acids is 2. The van der Waals surface area contributed by atoms with Crippen molar-refractivity contribution in [3.05, 3.63) is 107 Å². The molecule has 3 aromatic carbocycles. The van der Waals surface area contributed by atoms with Crippen molar-refractivity contribution in [1.82, 2.24) is 9.78 Å². The first-order chi connectivity index (χ1) is 18.7. The Morgan fingerprint density at radius 2 is 1.74 bits per heavy atom. The Labute approximate surface area is 223 Å². The van der Waals surface area contributed by atoms with Crippen LogP contribution in [0.2, 0.25) is 0 Å². The van der Waals surface area contributed by atoms with E-state index in [2.05, 4.69) is 15.7 Å². The van der Waals surface area contributed by atoms with Crippen LogP contribution in [0.25, 0.3) is 0 Å². The topological polar surface area (TPSA) is 103 Å². The lowest BCUT2D eigenvalue weighted by Crippen LogP contribution is -2.47. The molecule has 196 valence electrons. The zero-order valence-corrected chi connectivity index (χ0v) is 21.2. The Hall–Kier alpha value is -5.04. The van der Waals surface area contributed by atoms with Crippen molar-refractivity contribution in [2.24, 2.45) is 0 Å². The van der Waals surface area contributed by atoms with E-state index in [1.807, 2.05) is 13.0 Å². The first-order valence-corrected chi connectivity index (χ1v) is 12.2. The van der Waals surface area contributed by atoms with Gasteiger partial charge < -0.3 is 15.5 Å². The van der Waals surface area contributed by atoms with Gasteiger partial charge in [0.05, 0.1) is 35.7 Å². The van der Waals surface area contributed by atoms with Gasteiger partial charge in [0.15, 0.2) is 0 Å². The standard InChI is InChI=1S/C29H24F2N6O2/c1-18-17-36-26(25(16-34-36)35-27(38)19-8-13-24(33-2)20(14-19)15-32)28(39)37(18)23-11-9-22(10-12-23)29(30,31)21-6-4-3-5-7-21/h3-14,16,18,33H,17H2,1-2H3,(H,35,38)/t18-/m0/s1. The SMILES string of the molecule is CNc1ccc(C(=O)Nc2cnn3c2C(=O)N(c2ccc(C(F)(F)c4ccccc4)cc2)[C@@H](C)C3)cc1C#N. The molecule has 2 N–H and O–H groups in total. The number of hydrogen-bond donors (Lipinski definition) is 2. The van der Waals surface area contributed by atoms with Crippen LogP contribution in [0.15, 0.2) is 79.0 Å². The molecule has 2 amide bonds. The number of nitrogens with one attached hydrogen (secondary N) is 2. The summed E-state index contributed by atoms with van der Waals surface area (Å²) < 4.78 is 31.6. The van der Waals surface area contributed by atoms with Crippen LogP contribution in [0.4, 0.5) is 25.8 Å². The van der Waals surface area contributed by atoms with Gasteiger partial charge in [-0.1, -0.05) is 42.5 Å². The number of halogens is 2. The van der Waals surface area contributed by atoms with Crippen molar-refractivity contribution >= 4 is 28.9 Å². The normalized spacial score (nSPS) is 14.9. The summed E-state index contributed by atoms with van der Waals surface area (Å²) in [5.41, 5.74) is 1.67. The van der Waals surface area contributed by atoms with E-state index >= 15 is 8.78 Å². The van der Waals surface area contributed by atoms with Gasteiger partial charge in [0.1, 0.15) is 11.8 Å². The highest BCUT2D eigenvalue weighted by atomic mass is 19.3. The van der Waals surface area contributed by atoms with Crippen molar-refractivity contribution < 1.29 is 18.4 Å². The maximum absolute atomic E-state index is 15.0. The van der Waals surface area contributed by atoms with Crippen molar-refractivity contribution in [2.45, 2.75) is 25.4 Å². The van der Waals surface area contributed by atoms with Crippen LogP contribution in [-0.4, -0.2) is 34.7 Å². The molecule has 2 heterocycles. The molecule has 0 saturated heterocycles. The van der Waals surface area contributed by atoms with E-state index in [9.17, 15) is 14.9 Å². The van der Waals surface area contributed by atoms with Gasteiger partial charge in [-0.2, -0.15) is 19.1 Å². The Balaban J connectivity index is 1.40. The summed E-state index contributed by atoms with van der Waals surface area (Å²) in [6.07, 6.45) is 1.40. The van der Waals surface area contributed by atoms with Gasteiger partial charge in [-0.3, -0.25) is 14.3 Å². The van der Waals surface area contributed by atoms with Crippen LogP contribution in [-0.2, 0) is 12.5 Å². The zero-order valence-electron chi connectivity index (χ0n) is 21.2. The fourth-order valence-electron chi connectivity index (χ4n) is 4.69. The van der Waals surface area contributed by atoms with Crippen molar-refractivity contribution in [3.63, 3.8) is 0 Å². The summed E-state index contributed by atoms with van der Waals surface area (Å²) >= 11 is 0. The monoisotopic (exact) mass is 526 g/mol. The Kier molecular flexibility index (Phi) is 6.58. The predicted molar refractivity (Wildman–Crippen MR) is 143 cm³/mol. The van der Waals surface area contributed by atoms with Crippen LogP contribution in [0.3, 0.4) is 0 Å². The van der Waals surface area contributed by atoms with Crippen LogP contribution in [0, 0.1) is 11.3 Å². The van der Waals surface area contributed by atoms with Crippen LogP contribution < -0.4 is 15.5 Å². The number of anilines is 3. The second-order valence-corrected chi connectivity index (χ2v) is 9.18. The van der Waals surface area contributed by atoms with Gasteiger partial charge in [0.2, 0.25) is 0 Å². The molecule has 1 aliphatic rings. The minimum absolute atomic E-state index is 0.119. The molecule has 0 saturated carbocycles. The first-order valence-electron chi connectivity index (χ1n) is 12.2. The summed E-state index contributed by atoms with van der Waals surface area (Å²) in [4.78, 5) is 28.1. The smallest absolute Gasteiger partial charge is 0.298 e. The number of fused-ring (bicyclic) bond motifs is 1. The number of carbonyl (C=O) groups is 2. The average molecular weight is 527 g/mol. The predicted octanol–water partition coefficient (Wildman–Crippen LogP) is 5.24. The molecule has 0 spiro atoms. The molecule has 8 nitrogen and oxygen atoms in total. The number of amides is 2. The summed E-state index contributed by atoms with van der Waals surface area (Å²) in [6.45, 7) is 2.17. The van der Waals surface area contributed by atoms with Crippen LogP contribution in [0.1, 0.15) is 44.5 Å². The number of hydrogen-bond acceptors (Lipinski definition) is 5. The van der Waals surface area contributed by atoms with Gasteiger partial charge in [-0.15, -0.1) is 0 Å². The van der Waals surface area contributed by atoms with E-state index in [1.165, 1.54) is 58.2 Å². The second-order valence-electron chi connectivity index (χ2n) is 9.18. The van der Waals surface area contributed by atoms with E-state index in [4.69, 9.17) is 0 Å². The minimum Gasteiger partial charge on any atom is -0.387 e. The molecule has 0 bridgehead atoms. The van der Waals surface area contributed by atoms with Gasteiger partial charge in [0.25, 0.3) is 17.7 Å². The third kappa shape index (κ3) is 4.59. The van der Waals surface area contributed by atoms with E-state index < -0.39 is 17.7 Å². The molecule has 1 atom stereocenters. The number of benzene rings is 3. The van der Waals surface area contributed by atoms with Gasteiger partial charge >= 0.3 is 0 Å². The number of nitrogens with zero attached hydrogens (tertiary/aromatic N) is 4. The molecule has 1 aromatic heterocycles. The molecule has 0 unspecified atom stereocenters. The first kappa shape index (κ1) is 25.6. The van der Waals surface area contributed by atoms with E-state index in [0.29, 0.717) is 23.5 Å². The van der Waals surface area contributed by atoms with E-state index in [-0.39, 0.29) is 34.1 Å². The molecule has 0 aliphatic carbocycles. The van der Waals surface area contributed by atoms with Crippen LogP contribution in [0.5, 0.6) is 0 Å². The third-order valence-corrected chi connectivity index (χ3v) is 6.70. The van der Waals surface area contributed by atoms with E-state index in [1.54, 1.807) is 37.4 Å². The maximum atomic E-state index is 15.0. The molecule has 0 radical (unpaired) electrons. The van der Waals surface area contributed by atoms with Gasteiger partial charge in [-0.05, 0) is 37.3 Å². The fraction of sp³-hybridized carbons (Fsp3) is 0.172. The maximum Gasteiger partial charge on any atom is 0.298 e. The second kappa shape index (κ2) is 10.0. The molecular weight excluding hydrogens is 502 g/mol. The molecule has 39 heavy (non-hydrogen) atoms. The molecule has 0 fully saturated rings. The van der Waals surface area contributed by atoms with Crippen LogP contribution >= 0.6 is 0 Å². The molecule has 4 aromatic rings. The largest absolute Gasteiger partial charge is 0.387 e. The minimum atomic E-state index is -3.19. The Morgan fingerprint density at radius 3 is 2.41 bits per heavy atom. The highest BCUT2D eigenvalue weighted by molar-refractivity contribution is 6.13. The lowest BCUT2D eigenvalue weighted by atomic mass is 9.99. The average Bonchev–Trinajstić information content (AvgIpc) is 3.35. The summed E-state index contributed by atoms with van der Waals surface area (Å²) in [5.74, 6) is -4.12. The quantitative estimate of drug-likeness (QED) is 0.358. The number of aromatic nitrogens is 2. The highest BCUT2D eigenvalue weighted by Crippen LogP contribution is 2.37. The number of rotatable bonds is 6. The number of alkyl halides is 2. The zero-order chi connectivity index (χ0) is 27.7. The lowest BCUT2D eigenvalue weighted by molar-refractivity contribution is 0.0428. The van der Waals surface area contributed by atoms with Gasteiger partial charge in [0, 0.05) is 29.4 Å². The van der Waals surface area contributed by atoms with Crippen molar-refractivity contribution in [1.29, 1.82) is 5.26 Å². The highest BCUT2D eigenvalue weighted by Gasteiger charge is 2.37. The third-order valence-electron chi connectivity index (χ3n) is 6.70. The molecular formula is C29H24F2N6O2. The van der Waals surface area contributed by atoms with E-state index in [0.717, 1.165) is 0 Å². The number of nitriles is 1. The molecule has 5 rings (SSSR count).